The number of rotatable bonds is 2. The van der Waals surface area contributed by atoms with Crippen LogP contribution in [-0.4, -0.2) is 6.29 Å². The van der Waals surface area contributed by atoms with Crippen LogP contribution in [0, 0.1) is 0 Å². The predicted octanol–water partition coefficient (Wildman–Crippen LogP) is 2.74. The van der Waals surface area contributed by atoms with Crippen molar-refractivity contribution in [2.24, 2.45) is 0 Å². The Labute approximate surface area is 76.5 Å². The van der Waals surface area contributed by atoms with Crippen LogP contribution >= 0.6 is 15.9 Å². The fourth-order valence-electron chi connectivity index (χ4n) is 0.795. The summed E-state index contributed by atoms with van der Waals surface area (Å²) in [4.78, 5) is 10.0. The second-order valence-electron chi connectivity index (χ2n) is 2.22. The molecule has 0 atom stereocenters. The molecular weight excluding hydrogens is 230 g/mol. The lowest BCUT2D eigenvalue weighted by molar-refractivity contribution is -0.130. The van der Waals surface area contributed by atoms with Crippen LogP contribution < -0.4 is 0 Å². The number of halogens is 3. The van der Waals surface area contributed by atoms with Gasteiger partial charge in [-0.15, -0.1) is 0 Å². The van der Waals surface area contributed by atoms with Gasteiger partial charge in [0.05, 0.1) is 0 Å². The molecule has 0 radical (unpaired) electrons. The minimum absolute atomic E-state index is 0.238. The number of carbonyl (C=O) groups is 1. The highest BCUT2D eigenvalue weighted by Crippen LogP contribution is 2.31. The lowest BCUT2D eigenvalue weighted by Gasteiger charge is -2.10. The summed E-state index contributed by atoms with van der Waals surface area (Å²) in [5.74, 6) is -3.40. The molecule has 12 heavy (non-hydrogen) atoms. The topological polar surface area (TPSA) is 17.1 Å². The SMILES string of the molecule is O=CC(F)(F)c1ccccc1Br. The third kappa shape index (κ3) is 1.69. The van der Waals surface area contributed by atoms with E-state index in [-0.39, 0.29) is 16.3 Å². The molecule has 0 heterocycles. The molecule has 0 aliphatic heterocycles. The number of benzene rings is 1. The molecule has 0 bridgehead atoms. The molecule has 1 rings (SSSR count). The van der Waals surface area contributed by atoms with Crippen LogP contribution in [0.2, 0.25) is 0 Å². The van der Waals surface area contributed by atoms with Crippen molar-refractivity contribution in [1.82, 2.24) is 0 Å². The first-order valence-corrected chi connectivity index (χ1v) is 3.96. The Morgan fingerprint density at radius 3 is 2.42 bits per heavy atom. The van der Waals surface area contributed by atoms with Crippen LogP contribution in [0.1, 0.15) is 5.56 Å². The molecule has 1 aromatic rings. The van der Waals surface area contributed by atoms with Gasteiger partial charge >= 0.3 is 5.92 Å². The van der Waals surface area contributed by atoms with Crippen LogP contribution in [0.4, 0.5) is 8.78 Å². The second kappa shape index (κ2) is 3.31. The Morgan fingerprint density at radius 2 is 1.92 bits per heavy atom. The van der Waals surface area contributed by atoms with Gasteiger partial charge in [-0.25, -0.2) is 0 Å². The summed E-state index contributed by atoms with van der Waals surface area (Å²) in [7, 11) is 0. The van der Waals surface area contributed by atoms with Crippen LogP contribution in [0.3, 0.4) is 0 Å². The van der Waals surface area contributed by atoms with Gasteiger partial charge in [0.1, 0.15) is 0 Å². The highest BCUT2D eigenvalue weighted by atomic mass is 79.9. The van der Waals surface area contributed by atoms with Crippen molar-refractivity contribution >= 4 is 22.2 Å². The van der Waals surface area contributed by atoms with Gasteiger partial charge < -0.3 is 0 Å². The summed E-state index contributed by atoms with van der Waals surface area (Å²) in [5.41, 5.74) is -0.306. The lowest BCUT2D eigenvalue weighted by atomic mass is 10.1. The molecule has 0 amide bonds. The molecule has 0 unspecified atom stereocenters. The summed E-state index contributed by atoms with van der Waals surface area (Å²) < 4.78 is 25.7. The standard InChI is InChI=1S/C8H5BrF2O/c9-7-4-2-1-3-6(7)8(10,11)5-12/h1-5H. The van der Waals surface area contributed by atoms with E-state index < -0.39 is 5.92 Å². The molecular formula is C8H5BrF2O. The zero-order chi connectivity index (χ0) is 9.19. The molecule has 0 N–H and O–H groups in total. The van der Waals surface area contributed by atoms with E-state index in [1.807, 2.05) is 0 Å². The van der Waals surface area contributed by atoms with Crippen molar-refractivity contribution in [1.29, 1.82) is 0 Å². The van der Waals surface area contributed by atoms with Gasteiger partial charge in [-0.1, -0.05) is 34.1 Å². The first-order chi connectivity index (χ1) is 5.58. The highest BCUT2D eigenvalue weighted by molar-refractivity contribution is 9.10. The highest BCUT2D eigenvalue weighted by Gasteiger charge is 2.32. The third-order valence-corrected chi connectivity index (χ3v) is 2.07. The van der Waals surface area contributed by atoms with Crippen LogP contribution in [0.5, 0.6) is 0 Å². The minimum Gasteiger partial charge on any atom is -0.296 e. The van der Waals surface area contributed by atoms with E-state index in [2.05, 4.69) is 15.9 Å². The van der Waals surface area contributed by atoms with Crippen LogP contribution in [0.15, 0.2) is 28.7 Å². The van der Waals surface area contributed by atoms with E-state index in [1.165, 1.54) is 18.2 Å². The number of alkyl halides is 2. The zero-order valence-corrected chi connectivity index (χ0v) is 7.51. The fraction of sp³-hybridized carbons (Fsp3) is 0.125. The maximum atomic E-state index is 12.7. The molecule has 0 spiro atoms. The van der Waals surface area contributed by atoms with Gasteiger partial charge in [-0.3, -0.25) is 4.79 Å². The molecule has 0 fully saturated rings. The zero-order valence-electron chi connectivity index (χ0n) is 5.93. The van der Waals surface area contributed by atoms with Gasteiger partial charge in [0, 0.05) is 10.0 Å². The van der Waals surface area contributed by atoms with E-state index in [4.69, 9.17) is 0 Å². The molecule has 0 aliphatic rings. The quantitative estimate of drug-likeness (QED) is 0.720. The van der Waals surface area contributed by atoms with E-state index >= 15 is 0 Å². The van der Waals surface area contributed by atoms with Crippen molar-refractivity contribution in [3.05, 3.63) is 34.3 Å². The summed E-state index contributed by atoms with van der Waals surface area (Å²) in [6.07, 6.45) is -0.368. The molecule has 1 aromatic carbocycles. The monoisotopic (exact) mass is 234 g/mol. The van der Waals surface area contributed by atoms with E-state index in [1.54, 1.807) is 6.07 Å². The van der Waals surface area contributed by atoms with Gasteiger partial charge in [0.2, 0.25) is 0 Å². The van der Waals surface area contributed by atoms with Crippen molar-refractivity contribution in [2.45, 2.75) is 5.92 Å². The minimum atomic E-state index is -3.40. The van der Waals surface area contributed by atoms with E-state index in [9.17, 15) is 13.6 Å². The van der Waals surface area contributed by atoms with Gasteiger partial charge in [-0.05, 0) is 6.07 Å². The molecule has 0 aromatic heterocycles. The first-order valence-electron chi connectivity index (χ1n) is 3.17. The maximum Gasteiger partial charge on any atom is 0.328 e. The predicted molar refractivity (Wildman–Crippen MR) is 44.1 cm³/mol. The summed E-state index contributed by atoms with van der Waals surface area (Å²) >= 11 is 2.93. The molecule has 1 nitrogen and oxygen atoms in total. The lowest BCUT2D eigenvalue weighted by Crippen LogP contribution is -2.15. The number of hydrogen-bond acceptors (Lipinski definition) is 1. The molecule has 64 valence electrons. The van der Waals surface area contributed by atoms with Crippen molar-refractivity contribution in [3.8, 4) is 0 Å². The van der Waals surface area contributed by atoms with Gasteiger partial charge in [0.15, 0.2) is 6.29 Å². The van der Waals surface area contributed by atoms with Crippen molar-refractivity contribution in [3.63, 3.8) is 0 Å². The normalized spacial score (nSPS) is 11.2. The Balaban J connectivity index is 3.19. The number of hydrogen-bond donors (Lipinski definition) is 0. The third-order valence-electron chi connectivity index (χ3n) is 1.38. The van der Waals surface area contributed by atoms with Crippen LogP contribution in [0.25, 0.3) is 0 Å². The smallest absolute Gasteiger partial charge is 0.296 e. The Kier molecular flexibility index (Phi) is 2.57. The summed E-state index contributed by atoms with van der Waals surface area (Å²) in [6, 6.07) is 5.73. The Bertz CT molecular complexity index is 299. The molecule has 0 saturated heterocycles. The number of carbonyl (C=O) groups excluding carboxylic acids is 1. The van der Waals surface area contributed by atoms with E-state index in [0.717, 1.165) is 0 Å². The average molecular weight is 235 g/mol. The van der Waals surface area contributed by atoms with Crippen molar-refractivity contribution < 1.29 is 13.6 Å². The maximum absolute atomic E-state index is 12.7. The van der Waals surface area contributed by atoms with Gasteiger partial charge in [0.25, 0.3) is 0 Å². The average Bonchev–Trinajstić information content (AvgIpc) is 2.05. The number of aldehydes is 1. The fourth-order valence-corrected chi connectivity index (χ4v) is 1.34. The largest absolute Gasteiger partial charge is 0.328 e. The molecule has 4 heteroatoms. The Hall–Kier alpha value is -0.770. The van der Waals surface area contributed by atoms with Crippen molar-refractivity contribution in [2.75, 3.05) is 0 Å². The first kappa shape index (κ1) is 9.32. The Morgan fingerprint density at radius 1 is 1.33 bits per heavy atom. The molecule has 0 saturated carbocycles. The summed E-state index contributed by atoms with van der Waals surface area (Å²) in [5, 5.41) is 0. The second-order valence-corrected chi connectivity index (χ2v) is 3.08. The molecule has 0 aliphatic carbocycles. The summed E-state index contributed by atoms with van der Waals surface area (Å²) in [6.45, 7) is 0. The van der Waals surface area contributed by atoms with Gasteiger partial charge in [-0.2, -0.15) is 8.78 Å². The van der Waals surface area contributed by atoms with Crippen LogP contribution in [-0.2, 0) is 10.7 Å². The van der Waals surface area contributed by atoms with E-state index in [0.29, 0.717) is 0 Å².